The molecule has 112 valence electrons. The molecule has 1 amide bonds. The zero-order valence-corrected chi connectivity index (χ0v) is 11.8. The largest absolute Gasteiger partial charge is 0.478 e. The molecular weight excluding hydrogens is 268 g/mol. The van der Waals surface area contributed by atoms with Gasteiger partial charge in [0.25, 0.3) is 0 Å². The van der Waals surface area contributed by atoms with Gasteiger partial charge >= 0.3 is 5.97 Å². The molecule has 0 radical (unpaired) electrons. The van der Waals surface area contributed by atoms with Gasteiger partial charge in [-0.05, 0) is 43.4 Å². The number of carbonyl (C=O) groups excluding carboxylic acids is 1. The summed E-state index contributed by atoms with van der Waals surface area (Å²) >= 11 is 0. The van der Waals surface area contributed by atoms with Gasteiger partial charge in [0, 0.05) is 18.6 Å². The molecule has 1 aromatic rings. The predicted molar refractivity (Wildman–Crippen MR) is 78.2 cm³/mol. The van der Waals surface area contributed by atoms with Crippen LogP contribution in [0.3, 0.4) is 0 Å². The third kappa shape index (κ3) is 3.08. The van der Waals surface area contributed by atoms with E-state index in [9.17, 15) is 9.59 Å². The van der Waals surface area contributed by atoms with Crippen molar-refractivity contribution in [2.45, 2.75) is 37.8 Å². The Labute approximate surface area is 123 Å². The van der Waals surface area contributed by atoms with Crippen LogP contribution in [0.15, 0.2) is 24.3 Å². The number of carboxylic acids is 1. The number of fused-ring (bicyclic) bond motifs is 2. The summed E-state index contributed by atoms with van der Waals surface area (Å²) in [6.45, 7) is 0.596. The quantitative estimate of drug-likeness (QED) is 0.760. The first-order valence-corrected chi connectivity index (χ1v) is 7.49. The fraction of sp³-hybridized carbons (Fsp3) is 0.500. The van der Waals surface area contributed by atoms with Gasteiger partial charge in [-0.2, -0.15) is 0 Å². The maximum atomic E-state index is 12.1. The number of amides is 1. The number of hydrogen-bond donors (Lipinski definition) is 3. The molecule has 2 aliphatic rings. The van der Waals surface area contributed by atoms with Gasteiger partial charge < -0.3 is 15.7 Å². The van der Waals surface area contributed by atoms with E-state index in [0.717, 1.165) is 24.8 Å². The number of carboxylic acid groups (broad SMARTS) is 1. The Morgan fingerprint density at radius 1 is 1.24 bits per heavy atom. The van der Waals surface area contributed by atoms with E-state index in [2.05, 4.69) is 10.6 Å². The molecule has 2 fully saturated rings. The van der Waals surface area contributed by atoms with Crippen molar-refractivity contribution < 1.29 is 14.7 Å². The third-order valence-corrected chi connectivity index (χ3v) is 4.55. The zero-order chi connectivity index (χ0) is 14.8. The highest BCUT2D eigenvalue weighted by Crippen LogP contribution is 2.33. The lowest BCUT2D eigenvalue weighted by Gasteiger charge is -2.19. The average molecular weight is 288 g/mol. The number of rotatable bonds is 5. The molecule has 3 rings (SSSR count). The first kappa shape index (κ1) is 14.1. The van der Waals surface area contributed by atoms with E-state index in [4.69, 9.17) is 5.11 Å². The van der Waals surface area contributed by atoms with E-state index in [1.165, 1.54) is 6.42 Å². The lowest BCUT2D eigenvalue weighted by molar-refractivity contribution is -0.125. The van der Waals surface area contributed by atoms with Gasteiger partial charge in [-0.25, -0.2) is 4.79 Å². The second-order valence-corrected chi connectivity index (χ2v) is 5.93. The van der Waals surface area contributed by atoms with E-state index < -0.39 is 5.97 Å². The van der Waals surface area contributed by atoms with Gasteiger partial charge in [0.2, 0.25) is 5.91 Å². The van der Waals surface area contributed by atoms with Crippen molar-refractivity contribution in [2.75, 3.05) is 6.54 Å². The van der Waals surface area contributed by atoms with Crippen LogP contribution in [0, 0.1) is 5.92 Å². The number of hydrogen-bond acceptors (Lipinski definition) is 3. The van der Waals surface area contributed by atoms with Gasteiger partial charge in [0.1, 0.15) is 0 Å². The molecule has 2 saturated heterocycles. The summed E-state index contributed by atoms with van der Waals surface area (Å²) in [6, 6.07) is 7.70. The van der Waals surface area contributed by atoms with Crippen LogP contribution in [0.2, 0.25) is 0 Å². The van der Waals surface area contributed by atoms with E-state index in [0.29, 0.717) is 18.6 Å². The number of nitrogens with one attached hydrogen (secondary N) is 2. The molecule has 2 aliphatic heterocycles. The van der Waals surface area contributed by atoms with Crippen molar-refractivity contribution in [3.8, 4) is 0 Å². The van der Waals surface area contributed by atoms with Crippen molar-refractivity contribution >= 4 is 11.9 Å². The first-order chi connectivity index (χ1) is 10.1. The minimum atomic E-state index is -0.918. The third-order valence-electron chi connectivity index (χ3n) is 4.55. The second kappa shape index (κ2) is 5.85. The smallest absolute Gasteiger partial charge is 0.335 e. The Hall–Kier alpha value is -1.88. The summed E-state index contributed by atoms with van der Waals surface area (Å²) in [7, 11) is 0. The van der Waals surface area contributed by atoms with E-state index in [-0.39, 0.29) is 17.4 Å². The molecule has 3 unspecified atom stereocenters. The fourth-order valence-corrected chi connectivity index (χ4v) is 3.39. The van der Waals surface area contributed by atoms with Crippen molar-refractivity contribution in [3.63, 3.8) is 0 Å². The Morgan fingerprint density at radius 2 is 2.00 bits per heavy atom. The first-order valence-electron chi connectivity index (χ1n) is 7.49. The number of benzene rings is 1. The van der Waals surface area contributed by atoms with Crippen LogP contribution in [0.4, 0.5) is 0 Å². The van der Waals surface area contributed by atoms with Crippen LogP contribution in [-0.2, 0) is 11.2 Å². The highest BCUT2D eigenvalue weighted by Gasteiger charge is 2.42. The molecular formula is C16H20N2O3. The average Bonchev–Trinajstić information content (AvgIpc) is 3.10. The van der Waals surface area contributed by atoms with Gasteiger partial charge in [-0.3, -0.25) is 4.79 Å². The number of carbonyl (C=O) groups is 2. The van der Waals surface area contributed by atoms with Crippen molar-refractivity contribution in [3.05, 3.63) is 35.4 Å². The van der Waals surface area contributed by atoms with Crippen molar-refractivity contribution in [2.24, 2.45) is 5.92 Å². The SMILES string of the molecule is O=C(O)c1ccc(CCNC(=O)C2CC3CCC2N3)cc1. The molecule has 21 heavy (non-hydrogen) atoms. The fourth-order valence-electron chi connectivity index (χ4n) is 3.39. The molecule has 2 heterocycles. The molecule has 0 spiro atoms. The van der Waals surface area contributed by atoms with Gasteiger partial charge in [-0.1, -0.05) is 12.1 Å². The normalized spacial score (nSPS) is 26.8. The molecule has 0 aliphatic carbocycles. The predicted octanol–water partition coefficient (Wildman–Crippen LogP) is 1.18. The topological polar surface area (TPSA) is 78.4 Å². The van der Waals surface area contributed by atoms with Gasteiger partial charge in [-0.15, -0.1) is 0 Å². The lowest BCUT2D eigenvalue weighted by Crippen LogP contribution is -2.38. The molecule has 0 aromatic heterocycles. The Morgan fingerprint density at radius 3 is 2.57 bits per heavy atom. The lowest BCUT2D eigenvalue weighted by atomic mass is 9.88. The van der Waals surface area contributed by atoms with Crippen LogP contribution in [0.25, 0.3) is 0 Å². The monoisotopic (exact) mass is 288 g/mol. The highest BCUT2D eigenvalue weighted by atomic mass is 16.4. The minimum Gasteiger partial charge on any atom is -0.478 e. The summed E-state index contributed by atoms with van der Waals surface area (Å²) in [5, 5.41) is 15.3. The highest BCUT2D eigenvalue weighted by molar-refractivity contribution is 5.87. The van der Waals surface area contributed by atoms with E-state index in [1.807, 2.05) is 0 Å². The molecule has 3 N–H and O–H groups in total. The minimum absolute atomic E-state index is 0.123. The van der Waals surface area contributed by atoms with Crippen molar-refractivity contribution in [1.29, 1.82) is 0 Å². The van der Waals surface area contributed by atoms with Crippen LogP contribution in [-0.4, -0.2) is 35.6 Å². The molecule has 5 nitrogen and oxygen atoms in total. The maximum absolute atomic E-state index is 12.1. The van der Waals surface area contributed by atoms with Crippen LogP contribution in [0.1, 0.15) is 35.2 Å². The van der Waals surface area contributed by atoms with Gasteiger partial charge in [0.05, 0.1) is 11.5 Å². The van der Waals surface area contributed by atoms with Crippen LogP contribution >= 0.6 is 0 Å². The van der Waals surface area contributed by atoms with Gasteiger partial charge in [0.15, 0.2) is 0 Å². The Bertz CT molecular complexity index is 541. The summed E-state index contributed by atoms with van der Waals surface area (Å²) in [6.07, 6.45) is 3.99. The van der Waals surface area contributed by atoms with E-state index >= 15 is 0 Å². The maximum Gasteiger partial charge on any atom is 0.335 e. The molecule has 1 aromatic carbocycles. The molecule has 5 heteroatoms. The zero-order valence-electron chi connectivity index (χ0n) is 11.8. The Balaban J connectivity index is 1.45. The molecule has 0 saturated carbocycles. The molecule has 2 bridgehead atoms. The van der Waals surface area contributed by atoms with Crippen LogP contribution in [0.5, 0.6) is 0 Å². The number of aromatic carboxylic acids is 1. The summed E-state index contributed by atoms with van der Waals surface area (Å²) < 4.78 is 0. The summed E-state index contributed by atoms with van der Waals surface area (Å²) in [5.74, 6) is -0.645. The van der Waals surface area contributed by atoms with Crippen LogP contribution < -0.4 is 10.6 Å². The Kier molecular flexibility index (Phi) is 3.92. The van der Waals surface area contributed by atoms with E-state index in [1.54, 1.807) is 24.3 Å². The summed E-state index contributed by atoms with van der Waals surface area (Å²) in [4.78, 5) is 22.9. The summed E-state index contributed by atoms with van der Waals surface area (Å²) in [5.41, 5.74) is 1.32. The molecule has 3 atom stereocenters. The standard InChI is InChI=1S/C16H20N2O3/c19-15(13-9-12-5-6-14(13)18-12)17-8-7-10-1-3-11(4-2-10)16(20)21/h1-4,12-14,18H,5-9H2,(H,17,19)(H,20,21). The van der Waals surface area contributed by atoms with Crippen molar-refractivity contribution in [1.82, 2.24) is 10.6 Å². The second-order valence-electron chi connectivity index (χ2n) is 5.93.